The van der Waals surface area contributed by atoms with E-state index < -0.39 is 43.2 Å². The number of aromatic hydroxyl groups is 1. The summed E-state index contributed by atoms with van der Waals surface area (Å²) in [5.74, 6) is -0.571. The van der Waals surface area contributed by atoms with Gasteiger partial charge in [0.15, 0.2) is 28.4 Å². The maximum absolute atomic E-state index is 11.8. The van der Waals surface area contributed by atoms with Crippen LogP contribution < -0.4 is 10.5 Å². The van der Waals surface area contributed by atoms with Crippen molar-refractivity contribution in [2.24, 2.45) is 0 Å². The zero-order chi connectivity index (χ0) is 26.7. The lowest BCUT2D eigenvalue weighted by Crippen LogP contribution is -2.33. The number of fused-ring (bicyclic) bond motifs is 1. The molecular weight excluding hydrogens is 510 g/mol. The Kier molecular flexibility index (Phi) is 8.31. The summed E-state index contributed by atoms with van der Waals surface area (Å²) >= 11 is 1.09. The highest BCUT2D eigenvalue weighted by atomic mass is 32.2. The first kappa shape index (κ1) is 26.8. The van der Waals surface area contributed by atoms with Crippen molar-refractivity contribution in [3.8, 4) is 11.5 Å². The molecule has 1 fully saturated rings. The lowest BCUT2D eigenvalue weighted by molar-refractivity contribution is -0.0548. The summed E-state index contributed by atoms with van der Waals surface area (Å²) in [6.07, 6.45) is -4.64. The highest BCUT2D eigenvalue weighted by Crippen LogP contribution is 2.36. The zero-order valence-corrected chi connectivity index (χ0v) is 20.5. The van der Waals surface area contributed by atoms with Gasteiger partial charge < -0.3 is 45.5 Å². The van der Waals surface area contributed by atoms with Gasteiger partial charge in [0.2, 0.25) is 0 Å². The molecule has 1 aliphatic heterocycles. The predicted molar refractivity (Wildman–Crippen MR) is 129 cm³/mol. The van der Waals surface area contributed by atoms with Gasteiger partial charge in [-0.25, -0.2) is 19.7 Å². The third-order valence-electron chi connectivity index (χ3n) is 5.56. The van der Waals surface area contributed by atoms with Crippen LogP contribution in [0.3, 0.4) is 0 Å². The fourth-order valence-corrected chi connectivity index (χ4v) is 4.65. The van der Waals surface area contributed by atoms with Crippen molar-refractivity contribution in [1.29, 1.82) is 0 Å². The van der Waals surface area contributed by atoms with Crippen molar-refractivity contribution in [3.05, 3.63) is 30.1 Å². The maximum Gasteiger partial charge on any atom is 0.341 e. The number of nitrogen functional groups attached to an aromatic ring is 1. The van der Waals surface area contributed by atoms with E-state index in [1.165, 1.54) is 29.1 Å². The van der Waals surface area contributed by atoms with Crippen LogP contribution in [0.15, 0.2) is 29.7 Å². The Balaban J connectivity index is 1.46. The van der Waals surface area contributed by atoms with E-state index in [0.717, 1.165) is 11.8 Å². The average molecular weight is 538 g/mol. The number of benzene rings is 1. The predicted octanol–water partition coefficient (Wildman–Crippen LogP) is -0.566. The summed E-state index contributed by atoms with van der Waals surface area (Å²) in [6, 6.07) is 4.07. The van der Waals surface area contributed by atoms with Crippen LogP contribution in [0, 0.1) is 0 Å². The molecule has 0 aliphatic carbocycles. The molecule has 3 aromatic rings. The van der Waals surface area contributed by atoms with Crippen LogP contribution in [-0.2, 0) is 9.47 Å². The lowest BCUT2D eigenvalue weighted by Gasteiger charge is -2.19. The van der Waals surface area contributed by atoms with E-state index in [2.05, 4.69) is 15.0 Å². The third kappa shape index (κ3) is 5.56. The number of anilines is 1. The fraction of sp³-hybridized carbons (Fsp3) is 0.455. The number of ether oxygens (including phenoxy) is 3. The number of imidazole rings is 1. The molecule has 1 unspecified atom stereocenters. The Hall–Kier alpha value is -3.21. The standard InChI is InChI=1S/C22H27N5O9S/c1-2-34-21(33)12-4-3-11(5-13(12)30)35-7-10(29)8-37-22-26-15-18(23)24-9-25-19(15)27(22)20-17(32)16(31)14(6-28)36-20/h3-5,9-10,14,16-17,20,28-32H,2,6-8H2,1H3,(H2,23,24,25)/t10?,14-,16-,17-,20-/m1/s1. The van der Waals surface area contributed by atoms with Crippen molar-refractivity contribution < 1.29 is 44.5 Å². The summed E-state index contributed by atoms with van der Waals surface area (Å²) < 4.78 is 17.5. The van der Waals surface area contributed by atoms with Crippen LogP contribution in [0.2, 0.25) is 0 Å². The number of aliphatic hydroxyl groups excluding tert-OH is 4. The number of rotatable bonds is 10. The highest BCUT2D eigenvalue weighted by Gasteiger charge is 2.45. The van der Waals surface area contributed by atoms with E-state index in [1.54, 1.807) is 6.92 Å². The molecule has 5 atom stereocenters. The van der Waals surface area contributed by atoms with Crippen LogP contribution in [0.4, 0.5) is 5.82 Å². The second-order valence-corrected chi connectivity index (χ2v) is 9.09. The molecule has 7 N–H and O–H groups in total. The highest BCUT2D eigenvalue weighted by molar-refractivity contribution is 7.99. The number of esters is 1. The largest absolute Gasteiger partial charge is 0.507 e. The van der Waals surface area contributed by atoms with Gasteiger partial charge in [0.25, 0.3) is 0 Å². The Morgan fingerprint density at radius 2 is 2.08 bits per heavy atom. The molecule has 14 nitrogen and oxygen atoms in total. The molecule has 200 valence electrons. The minimum absolute atomic E-state index is 0.00328. The van der Waals surface area contributed by atoms with Gasteiger partial charge in [0.05, 0.1) is 19.3 Å². The Morgan fingerprint density at radius 1 is 1.30 bits per heavy atom. The number of thioether (sulfide) groups is 1. The Bertz CT molecular complexity index is 1260. The van der Waals surface area contributed by atoms with Crippen LogP contribution in [0.25, 0.3) is 11.2 Å². The second kappa shape index (κ2) is 11.5. The van der Waals surface area contributed by atoms with Crippen molar-refractivity contribution in [1.82, 2.24) is 19.5 Å². The number of nitrogens with two attached hydrogens (primary N) is 1. The number of carbonyl (C=O) groups is 1. The number of hydrogen-bond donors (Lipinski definition) is 6. The molecule has 1 saturated heterocycles. The number of hydrogen-bond acceptors (Lipinski definition) is 14. The molecule has 4 rings (SSSR count). The smallest absolute Gasteiger partial charge is 0.341 e. The minimum atomic E-state index is -1.39. The molecule has 0 saturated carbocycles. The first-order chi connectivity index (χ1) is 17.7. The van der Waals surface area contributed by atoms with E-state index in [4.69, 9.17) is 19.9 Å². The average Bonchev–Trinajstić information content (AvgIpc) is 3.39. The van der Waals surface area contributed by atoms with Gasteiger partial charge in [-0.15, -0.1) is 0 Å². The first-order valence-electron chi connectivity index (χ1n) is 11.3. The quantitative estimate of drug-likeness (QED) is 0.141. The molecular formula is C22H27N5O9S. The SMILES string of the molecule is CCOC(=O)c1ccc(OCC(O)CSc2nc3c(N)ncnc3n2[C@@H]2O[C@H](CO)[C@@H](O)[C@H]2O)cc1O. The summed E-state index contributed by atoms with van der Waals surface area (Å²) in [6.45, 7) is 1.16. The topological polar surface area (TPSA) is 216 Å². The number of aromatic nitrogens is 4. The van der Waals surface area contributed by atoms with Crippen LogP contribution in [0.1, 0.15) is 23.5 Å². The van der Waals surface area contributed by atoms with Crippen molar-refractivity contribution in [3.63, 3.8) is 0 Å². The van der Waals surface area contributed by atoms with Crippen molar-refractivity contribution in [2.45, 2.75) is 42.7 Å². The van der Waals surface area contributed by atoms with Gasteiger partial charge in [0.1, 0.15) is 48.3 Å². The maximum atomic E-state index is 11.8. The first-order valence-corrected chi connectivity index (χ1v) is 12.3. The molecule has 0 spiro atoms. The van der Waals surface area contributed by atoms with E-state index in [9.17, 15) is 30.3 Å². The molecule has 2 aromatic heterocycles. The summed E-state index contributed by atoms with van der Waals surface area (Å²) in [7, 11) is 0. The van der Waals surface area contributed by atoms with Crippen LogP contribution in [0.5, 0.6) is 11.5 Å². The summed E-state index contributed by atoms with van der Waals surface area (Å²) in [5.41, 5.74) is 6.41. The summed E-state index contributed by atoms with van der Waals surface area (Å²) in [5, 5.41) is 51.0. The van der Waals surface area contributed by atoms with Crippen molar-refractivity contribution in [2.75, 3.05) is 31.3 Å². The molecule has 15 heteroatoms. The number of phenols is 1. The molecule has 1 aromatic carbocycles. The van der Waals surface area contributed by atoms with Gasteiger partial charge >= 0.3 is 5.97 Å². The zero-order valence-electron chi connectivity index (χ0n) is 19.7. The van der Waals surface area contributed by atoms with E-state index >= 15 is 0 Å². The lowest BCUT2D eigenvalue weighted by atomic mass is 10.1. The number of phenolic OH excluding ortho intramolecular Hbond substituents is 1. The molecule has 3 heterocycles. The third-order valence-corrected chi connectivity index (χ3v) is 6.65. The number of nitrogens with zero attached hydrogens (tertiary/aromatic N) is 4. The van der Waals surface area contributed by atoms with E-state index in [1.807, 2.05) is 0 Å². The monoisotopic (exact) mass is 537 g/mol. The molecule has 0 amide bonds. The molecule has 0 bridgehead atoms. The molecule has 37 heavy (non-hydrogen) atoms. The van der Waals surface area contributed by atoms with E-state index in [0.29, 0.717) is 0 Å². The van der Waals surface area contributed by atoms with Gasteiger partial charge in [-0.2, -0.15) is 0 Å². The Labute approximate surface area is 214 Å². The minimum Gasteiger partial charge on any atom is -0.507 e. The number of carbonyl (C=O) groups excluding carboxylic acids is 1. The second-order valence-electron chi connectivity index (χ2n) is 8.10. The Morgan fingerprint density at radius 3 is 2.76 bits per heavy atom. The van der Waals surface area contributed by atoms with Gasteiger partial charge in [0, 0.05) is 11.8 Å². The van der Waals surface area contributed by atoms with Gasteiger partial charge in [-0.3, -0.25) is 4.57 Å². The van der Waals surface area contributed by atoms with Crippen LogP contribution in [-0.4, -0.2) is 101 Å². The normalized spacial score (nSPS) is 22.3. The van der Waals surface area contributed by atoms with Crippen LogP contribution >= 0.6 is 11.8 Å². The number of aliphatic hydroxyl groups is 4. The molecule has 0 radical (unpaired) electrons. The van der Waals surface area contributed by atoms with Gasteiger partial charge in [-0.1, -0.05) is 11.8 Å². The van der Waals surface area contributed by atoms with E-state index in [-0.39, 0.29) is 58.2 Å². The molecule has 1 aliphatic rings. The van der Waals surface area contributed by atoms with Gasteiger partial charge in [-0.05, 0) is 19.1 Å². The fourth-order valence-electron chi connectivity index (χ4n) is 3.72. The van der Waals surface area contributed by atoms with Crippen molar-refractivity contribution >= 4 is 34.7 Å². The summed E-state index contributed by atoms with van der Waals surface area (Å²) in [4.78, 5) is 24.3.